The molecule has 0 radical (unpaired) electrons. The van der Waals surface area contributed by atoms with Crippen molar-refractivity contribution in [2.24, 2.45) is 0 Å². The Balaban J connectivity index is 2.00. The lowest BCUT2D eigenvalue weighted by Gasteiger charge is -2.08. The summed E-state index contributed by atoms with van der Waals surface area (Å²) in [6.07, 6.45) is 4.92. The van der Waals surface area contributed by atoms with Crippen LogP contribution in [0.3, 0.4) is 0 Å². The predicted octanol–water partition coefficient (Wildman–Crippen LogP) is 4.63. The van der Waals surface area contributed by atoms with E-state index in [1.165, 1.54) is 37.8 Å². The molecule has 0 aliphatic heterocycles. The van der Waals surface area contributed by atoms with E-state index in [0.29, 0.717) is 11.1 Å². The molecule has 1 aliphatic rings. The minimum Gasteiger partial charge on any atom is -0.222 e. The molecular weight excluding hydrogens is 263 g/mol. The summed E-state index contributed by atoms with van der Waals surface area (Å²) in [6, 6.07) is 6.61. The van der Waals surface area contributed by atoms with Gasteiger partial charge in [0.05, 0.1) is 11.4 Å². The van der Waals surface area contributed by atoms with Crippen LogP contribution in [0.25, 0.3) is 5.69 Å². The molecule has 0 N–H and O–H groups in total. The molecule has 1 saturated carbocycles. The molecule has 0 saturated heterocycles. The normalized spacial score (nSPS) is 16.2. The smallest absolute Gasteiger partial charge is 0.133 e. The van der Waals surface area contributed by atoms with E-state index in [9.17, 15) is 4.39 Å². The Labute approximate surface area is 117 Å². The van der Waals surface area contributed by atoms with Crippen molar-refractivity contribution in [2.75, 3.05) is 0 Å². The Hall–Kier alpha value is -1.35. The van der Waals surface area contributed by atoms with Crippen LogP contribution in [-0.4, -0.2) is 9.78 Å². The molecule has 19 heavy (non-hydrogen) atoms. The van der Waals surface area contributed by atoms with E-state index in [0.717, 1.165) is 16.9 Å². The Bertz CT molecular complexity index is 600. The van der Waals surface area contributed by atoms with Crippen molar-refractivity contribution in [1.82, 2.24) is 9.78 Å². The van der Waals surface area contributed by atoms with E-state index in [2.05, 4.69) is 5.10 Å². The zero-order valence-corrected chi connectivity index (χ0v) is 11.6. The van der Waals surface area contributed by atoms with Gasteiger partial charge >= 0.3 is 0 Å². The largest absolute Gasteiger partial charge is 0.222 e. The van der Waals surface area contributed by atoms with Gasteiger partial charge in [-0.05, 0) is 49.6 Å². The van der Waals surface area contributed by atoms with Crippen LogP contribution < -0.4 is 0 Å². The summed E-state index contributed by atoms with van der Waals surface area (Å²) in [5.74, 6) is 0.292. The number of benzene rings is 1. The average Bonchev–Trinajstić information content (AvgIpc) is 2.98. The molecule has 1 aromatic heterocycles. The molecule has 1 fully saturated rings. The van der Waals surface area contributed by atoms with Gasteiger partial charge in [-0.25, -0.2) is 9.07 Å². The molecule has 1 aliphatic carbocycles. The second-order valence-corrected chi connectivity index (χ2v) is 5.60. The standard InChI is InChI=1S/C15H16ClFN2/c1-10-8-12(17)6-7-14(10)19-15(16)9-13(18-19)11-4-2-3-5-11/h6-9,11H,2-5H2,1H3. The van der Waals surface area contributed by atoms with E-state index < -0.39 is 0 Å². The van der Waals surface area contributed by atoms with Gasteiger partial charge in [0.2, 0.25) is 0 Å². The highest BCUT2D eigenvalue weighted by molar-refractivity contribution is 6.29. The Morgan fingerprint density at radius 1 is 1.26 bits per heavy atom. The minimum atomic E-state index is -0.236. The highest BCUT2D eigenvalue weighted by Crippen LogP contribution is 2.35. The maximum absolute atomic E-state index is 13.2. The molecule has 0 spiro atoms. The number of rotatable bonds is 2. The SMILES string of the molecule is Cc1cc(F)ccc1-n1nc(C2CCCC2)cc1Cl. The van der Waals surface area contributed by atoms with Crippen LogP contribution in [0.15, 0.2) is 24.3 Å². The first kappa shape index (κ1) is 12.7. The van der Waals surface area contributed by atoms with Gasteiger partial charge in [0, 0.05) is 5.92 Å². The second-order valence-electron chi connectivity index (χ2n) is 5.22. The Morgan fingerprint density at radius 3 is 2.68 bits per heavy atom. The van der Waals surface area contributed by atoms with Crippen LogP contribution in [0.5, 0.6) is 0 Å². The van der Waals surface area contributed by atoms with Crippen LogP contribution in [-0.2, 0) is 0 Å². The zero-order chi connectivity index (χ0) is 13.4. The predicted molar refractivity (Wildman–Crippen MR) is 74.5 cm³/mol. The molecular formula is C15H16ClFN2. The quantitative estimate of drug-likeness (QED) is 0.783. The van der Waals surface area contributed by atoms with Crippen molar-refractivity contribution in [3.05, 3.63) is 46.5 Å². The third kappa shape index (κ3) is 2.39. The average molecular weight is 279 g/mol. The van der Waals surface area contributed by atoms with Crippen LogP contribution >= 0.6 is 11.6 Å². The summed E-state index contributed by atoms with van der Waals surface area (Å²) >= 11 is 6.28. The van der Waals surface area contributed by atoms with Crippen molar-refractivity contribution in [3.8, 4) is 5.69 Å². The van der Waals surface area contributed by atoms with Crippen molar-refractivity contribution in [2.45, 2.75) is 38.5 Å². The number of halogens is 2. The first-order valence-electron chi connectivity index (χ1n) is 6.67. The van der Waals surface area contributed by atoms with E-state index in [1.807, 2.05) is 13.0 Å². The first-order valence-corrected chi connectivity index (χ1v) is 7.05. The fourth-order valence-corrected chi connectivity index (χ4v) is 3.06. The molecule has 0 unspecified atom stereocenters. The lowest BCUT2D eigenvalue weighted by molar-refractivity contribution is 0.625. The van der Waals surface area contributed by atoms with E-state index in [-0.39, 0.29) is 5.82 Å². The summed E-state index contributed by atoms with van der Waals surface area (Å²) in [5.41, 5.74) is 2.74. The zero-order valence-electron chi connectivity index (χ0n) is 10.9. The summed E-state index contributed by atoms with van der Waals surface area (Å²) in [6.45, 7) is 1.87. The van der Waals surface area contributed by atoms with Crippen molar-refractivity contribution < 1.29 is 4.39 Å². The van der Waals surface area contributed by atoms with Gasteiger partial charge in [-0.2, -0.15) is 5.10 Å². The molecule has 0 amide bonds. The molecule has 4 heteroatoms. The summed E-state index contributed by atoms with van der Waals surface area (Å²) < 4.78 is 14.9. The molecule has 0 atom stereocenters. The molecule has 100 valence electrons. The van der Waals surface area contributed by atoms with Gasteiger partial charge in [0.15, 0.2) is 0 Å². The van der Waals surface area contributed by atoms with Crippen LogP contribution in [0.4, 0.5) is 4.39 Å². The second kappa shape index (κ2) is 4.97. The molecule has 1 heterocycles. The lowest BCUT2D eigenvalue weighted by Crippen LogP contribution is -2.02. The van der Waals surface area contributed by atoms with Crippen LogP contribution in [0.1, 0.15) is 42.9 Å². The Morgan fingerprint density at radius 2 is 2.00 bits per heavy atom. The number of hydrogen-bond acceptors (Lipinski definition) is 1. The van der Waals surface area contributed by atoms with Gasteiger partial charge in [-0.15, -0.1) is 0 Å². The third-order valence-corrected chi connectivity index (χ3v) is 4.11. The summed E-state index contributed by atoms with van der Waals surface area (Å²) in [4.78, 5) is 0. The molecule has 3 rings (SSSR count). The van der Waals surface area contributed by atoms with Gasteiger partial charge in [-0.1, -0.05) is 24.4 Å². The Kier molecular flexibility index (Phi) is 3.31. The van der Waals surface area contributed by atoms with E-state index in [1.54, 1.807) is 10.7 Å². The van der Waals surface area contributed by atoms with Crippen LogP contribution in [0, 0.1) is 12.7 Å². The molecule has 0 bridgehead atoms. The minimum absolute atomic E-state index is 0.236. The summed E-state index contributed by atoms with van der Waals surface area (Å²) in [7, 11) is 0. The van der Waals surface area contributed by atoms with Gasteiger partial charge < -0.3 is 0 Å². The van der Waals surface area contributed by atoms with Crippen molar-refractivity contribution >= 4 is 11.6 Å². The lowest BCUT2D eigenvalue weighted by atomic mass is 10.1. The topological polar surface area (TPSA) is 17.8 Å². The first-order chi connectivity index (χ1) is 9.15. The highest BCUT2D eigenvalue weighted by atomic mass is 35.5. The van der Waals surface area contributed by atoms with Crippen molar-refractivity contribution in [3.63, 3.8) is 0 Å². The molecule has 2 aromatic rings. The molecule has 2 nitrogen and oxygen atoms in total. The van der Waals surface area contributed by atoms with E-state index in [4.69, 9.17) is 11.6 Å². The fourth-order valence-electron chi connectivity index (χ4n) is 2.82. The van der Waals surface area contributed by atoms with Gasteiger partial charge in [-0.3, -0.25) is 0 Å². The molecule has 1 aromatic carbocycles. The van der Waals surface area contributed by atoms with Gasteiger partial charge in [0.25, 0.3) is 0 Å². The number of nitrogens with zero attached hydrogens (tertiary/aromatic N) is 2. The monoisotopic (exact) mass is 278 g/mol. The number of aryl methyl sites for hydroxylation is 1. The highest BCUT2D eigenvalue weighted by Gasteiger charge is 2.21. The fraction of sp³-hybridized carbons (Fsp3) is 0.400. The van der Waals surface area contributed by atoms with Gasteiger partial charge in [0.1, 0.15) is 11.0 Å². The van der Waals surface area contributed by atoms with Crippen LogP contribution in [0.2, 0.25) is 5.15 Å². The summed E-state index contributed by atoms with van der Waals surface area (Å²) in [5, 5.41) is 5.21. The maximum Gasteiger partial charge on any atom is 0.133 e. The number of hydrogen-bond donors (Lipinski definition) is 0. The third-order valence-electron chi connectivity index (χ3n) is 3.85. The van der Waals surface area contributed by atoms with E-state index >= 15 is 0 Å². The number of aromatic nitrogens is 2. The maximum atomic E-state index is 13.2. The van der Waals surface area contributed by atoms with Crippen molar-refractivity contribution in [1.29, 1.82) is 0 Å².